The molecule has 3 heteroatoms. The smallest absolute Gasteiger partial charge is 0.237 e. The molecule has 3 nitrogen and oxygen atoms in total. The number of likely N-dealkylation sites (N-methyl/N-ethyl adjacent to an activating group) is 2. The highest BCUT2D eigenvalue weighted by Gasteiger charge is 2.24. The van der Waals surface area contributed by atoms with Crippen LogP contribution in [0.2, 0.25) is 0 Å². The SMILES string of the molecule is CNC(=O)C1CCCCN1C. The average Bonchev–Trinajstić information content (AvgIpc) is 2.04. The van der Waals surface area contributed by atoms with Crippen molar-refractivity contribution in [2.24, 2.45) is 0 Å². The predicted molar refractivity (Wildman–Crippen MR) is 44.3 cm³/mol. The average molecular weight is 156 g/mol. The first-order valence-corrected chi connectivity index (χ1v) is 4.17. The van der Waals surface area contributed by atoms with E-state index in [1.807, 2.05) is 7.05 Å². The van der Waals surface area contributed by atoms with Gasteiger partial charge in [-0.05, 0) is 26.4 Å². The number of rotatable bonds is 1. The van der Waals surface area contributed by atoms with Gasteiger partial charge in [0.15, 0.2) is 0 Å². The first-order valence-electron chi connectivity index (χ1n) is 4.17. The van der Waals surface area contributed by atoms with Crippen LogP contribution in [-0.2, 0) is 4.79 Å². The van der Waals surface area contributed by atoms with E-state index >= 15 is 0 Å². The van der Waals surface area contributed by atoms with Crippen LogP contribution in [0.4, 0.5) is 0 Å². The third kappa shape index (κ3) is 1.93. The number of nitrogens with one attached hydrogen (secondary N) is 1. The van der Waals surface area contributed by atoms with E-state index in [1.165, 1.54) is 12.8 Å². The summed E-state index contributed by atoms with van der Waals surface area (Å²) in [5.74, 6) is 0.159. The normalized spacial score (nSPS) is 26.5. The lowest BCUT2D eigenvalue weighted by atomic mass is 10.0. The largest absolute Gasteiger partial charge is 0.358 e. The quantitative estimate of drug-likeness (QED) is 0.589. The van der Waals surface area contributed by atoms with Crippen molar-refractivity contribution >= 4 is 5.91 Å². The van der Waals surface area contributed by atoms with Gasteiger partial charge in [-0.1, -0.05) is 6.42 Å². The number of hydrogen-bond acceptors (Lipinski definition) is 2. The molecule has 1 amide bonds. The zero-order valence-electron chi connectivity index (χ0n) is 7.26. The van der Waals surface area contributed by atoms with Gasteiger partial charge in [0.25, 0.3) is 0 Å². The van der Waals surface area contributed by atoms with Gasteiger partial charge < -0.3 is 5.32 Å². The first-order chi connectivity index (χ1) is 5.25. The maximum atomic E-state index is 11.2. The molecule has 1 saturated heterocycles. The lowest BCUT2D eigenvalue weighted by Crippen LogP contribution is -2.46. The third-order valence-corrected chi connectivity index (χ3v) is 2.32. The zero-order valence-corrected chi connectivity index (χ0v) is 7.26. The minimum Gasteiger partial charge on any atom is -0.358 e. The third-order valence-electron chi connectivity index (χ3n) is 2.32. The van der Waals surface area contributed by atoms with Crippen LogP contribution in [0, 0.1) is 0 Å². The molecule has 0 spiro atoms. The summed E-state index contributed by atoms with van der Waals surface area (Å²) in [5.41, 5.74) is 0. The van der Waals surface area contributed by atoms with Crippen molar-refractivity contribution in [1.29, 1.82) is 0 Å². The molecule has 0 aliphatic carbocycles. The number of hydrogen-bond donors (Lipinski definition) is 1. The fourth-order valence-electron chi connectivity index (χ4n) is 1.57. The molecular weight excluding hydrogens is 140 g/mol. The maximum absolute atomic E-state index is 11.2. The van der Waals surface area contributed by atoms with Crippen LogP contribution in [0.25, 0.3) is 0 Å². The summed E-state index contributed by atoms with van der Waals surface area (Å²) in [4.78, 5) is 13.4. The summed E-state index contributed by atoms with van der Waals surface area (Å²) in [6, 6.07) is 0.119. The fraction of sp³-hybridized carbons (Fsp3) is 0.875. The Morgan fingerprint density at radius 1 is 1.55 bits per heavy atom. The Labute approximate surface area is 67.8 Å². The van der Waals surface area contributed by atoms with Gasteiger partial charge in [-0.25, -0.2) is 0 Å². The summed E-state index contributed by atoms with van der Waals surface area (Å²) in [5, 5.41) is 2.68. The van der Waals surface area contributed by atoms with Crippen LogP contribution in [0.15, 0.2) is 0 Å². The van der Waals surface area contributed by atoms with Crippen LogP contribution in [0.1, 0.15) is 19.3 Å². The van der Waals surface area contributed by atoms with E-state index in [4.69, 9.17) is 0 Å². The number of nitrogens with zero attached hydrogens (tertiary/aromatic N) is 1. The molecule has 0 bridgehead atoms. The summed E-state index contributed by atoms with van der Waals surface area (Å²) in [7, 11) is 3.71. The van der Waals surface area contributed by atoms with Crippen LogP contribution >= 0.6 is 0 Å². The number of carbonyl (C=O) groups is 1. The molecule has 1 unspecified atom stereocenters. The number of carbonyl (C=O) groups excluding carboxylic acids is 1. The summed E-state index contributed by atoms with van der Waals surface area (Å²) in [6.07, 6.45) is 3.42. The molecule has 0 saturated carbocycles. The van der Waals surface area contributed by atoms with E-state index in [1.54, 1.807) is 7.05 Å². The van der Waals surface area contributed by atoms with Gasteiger partial charge in [-0.3, -0.25) is 9.69 Å². The Morgan fingerprint density at radius 2 is 2.27 bits per heavy atom. The highest BCUT2D eigenvalue weighted by Crippen LogP contribution is 2.14. The lowest BCUT2D eigenvalue weighted by Gasteiger charge is -2.30. The van der Waals surface area contributed by atoms with Gasteiger partial charge in [0.2, 0.25) is 5.91 Å². The van der Waals surface area contributed by atoms with Crippen molar-refractivity contribution in [2.45, 2.75) is 25.3 Å². The van der Waals surface area contributed by atoms with Crippen molar-refractivity contribution in [1.82, 2.24) is 10.2 Å². The molecular formula is C8H16N2O. The van der Waals surface area contributed by atoms with Gasteiger partial charge in [0.05, 0.1) is 6.04 Å². The van der Waals surface area contributed by atoms with Crippen molar-refractivity contribution < 1.29 is 4.79 Å². The van der Waals surface area contributed by atoms with E-state index < -0.39 is 0 Å². The van der Waals surface area contributed by atoms with Crippen LogP contribution in [0.3, 0.4) is 0 Å². The second-order valence-electron chi connectivity index (χ2n) is 3.11. The molecule has 1 N–H and O–H groups in total. The molecule has 1 fully saturated rings. The Morgan fingerprint density at radius 3 is 2.82 bits per heavy atom. The molecule has 1 rings (SSSR count). The highest BCUT2D eigenvalue weighted by molar-refractivity contribution is 5.81. The number of likely N-dealkylation sites (tertiary alicyclic amines) is 1. The molecule has 1 heterocycles. The van der Waals surface area contributed by atoms with Crippen molar-refractivity contribution in [3.05, 3.63) is 0 Å². The molecule has 0 radical (unpaired) electrons. The monoisotopic (exact) mass is 156 g/mol. The zero-order chi connectivity index (χ0) is 8.27. The first kappa shape index (κ1) is 8.53. The minimum atomic E-state index is 0.119. The molecule has 0 aromatic carbocycles. The fourth-order valence-corrected chi connectivity index (χ4v) is 1.57. The van der Waals surface area contributed by atoms with E-state index in [0.29, 0.717) is 0 Å². The van der Waals surface area contributed by atoms with Crippen molar-refractivity contribution in [2.75, 3.05) is 20.6 Å². The summed E-state index contributed by atoms with van der Waals surface area (Å²) >= 11 is 0. The lowest BCUT2D eigenvalue weighted by molar-refractivity contribution is -0.126. The van der Waals surface area contributed by atoms with Crippen molar-refractivity contribution in [3.63, 3.8) is 0 Å². The predicted octanol–water partition coefficient (Wildman–Crippen LogP) is 0.217. The van der Waals surface area contributed by atoms with Gasteiger partial charge in [-0.15, -0.1) is 0 Å². The number of amides is 1. The van der Waals surface area contributed by atoms with Crippen molar-refractivity contribution in [3.8, 4) is 0 Å². The minimum absolute atomic E-state index is 0.119. The van der Waals surface area contributed by atoms with Gasteiger partial charge in [-0.2, -0.15) is 0 Å². The molecule has 0 aromatic rings. The van der Waals surface area contributed by atoms with Crippen LogP contribution in [0.5, 0.6) is 0 Å². The molecule has 0 aromatic heterocycles. The van der Waals surface area contributed by atoms with Crippen LogP contribution in [-0.4, -0.2) is 37.5 Å². The molecule has 1 aliphatic rings. The summed E-state index contributed by atoms with van der Waals surface area (Å²) in [6.45, 7) is 1.05. The standard InChI is InChI=1S/C8H16N2O/c1-9-8(11)7-5-3-4-6-10(7)2/h7H,3-6H2,1-2H3,(H,9,11). The van der Waals surface area contributed by atoms with Gasteiger partial charge in [0, 0.05) is 7.05 Å². The topological polar surface area (TPSA) is 32.3 Å². The second-order valence-corrected chi connectivity index (χ2v) is 3.11. The summed E-state index contributed by atoms with van der Waals surface area (Å²) < 4.78 is 0. The van der Waals surface area contributed by atoms with Gasteiger partial charge >= 0.3 is 0 Å². The Hall–Kier alpha value is -0.570. The second kappa shape index (κ2) is 3.72. The van der Waals surface area contributed by atoms with E-state index in [9.17, 15) is 4.79 Å². The Bertz CT molecular complexity index is 147. The van der Waals surface area contributed by atoms with E-state index in [0.717, 1.165) is 13.0 Å². The van der Waals surface area contributed by atoms with Gasteiger partial charge in [0.1, 0.15) is 0 Å². The molecule has 1 atom stereocenters. The van der Waals surface area contributed by atoms with E-state index in [2.05, 4.69) is 10.2 Å². The van der Waals surface area contributed by atoms with E-state index in [-0.39, 0.29) is 11.9 Å². The molecule has 11 heavy (non-hydrogen) atoms. The van der Waals surface area contributed by atoms with Crippen LogP contribution < -0.4 is 5.32 Å². The Kier molecular flexibility index (Phi) is 2.88. The maximum Gasteiger partial charge on any atom is 0.237 e. The highest BCUT2D eigenvalue weighted by atomic mass is 16.2. The number of piperidine rings is 1. The molecule has 64 valence electrons. The Balaban J connectivity index is 2.47. The molecule has 1 aliphatic heterocycles.